The van der Waals surface area contributed by atoms with Crippen LogP contribution in [0.5, 0.6) is 5.75 Å². The van der Waals surface area contributed by atoms with Gasteiger partial charge >= 0.3 is 0 Å². The molecule has 4 heteroatoms. The van der Waals surface area contributed by atoms with E-state index in [4.69, 9.17) is 4.74 Å². The zero-order valence-electron chi connectivity index (χ0n) is 14.0. The van der Waals surface area contributed by atoms with Gasteiger partial charge in [0.25, 0.3) is 0 Å². The Labute approximate surface area is 138 Å². The minimum atomic E-state index is 0.321. The average molecular weight is 311 g/mol. The molecule has 0 fully saturated rings. The summed E-state index contributed by atoms with van der Waals surface area (Å²) in [6.07, 6.45) is 0. The van der Waals surface area contributed by atoms with Crippen LogP contribution in [0.1, 0.15) is 24.0 Å². The Morgan fingerprint density at radius 2 is 1.74 bits per heavy atom. The van der Waals surface area contributed by atoms with Crippen molar-refractivity contribution in [2.24, 2.45) is 4.99 Å². The van der Waals surface area contributed by atoms with Crippen LogP contribution in [0.4, 0.5) is 0 Å². The highest BCUT2D eigenvalue weighted by atomic mass is 16.5. The summed E-state index contributed by atoms with van der Waals surface area (Å²) in [5.74, 6) is 2.05. The second-order valence-electron chi connectivity index (χ2n) is 5.44. The molecule has 0 radical (unpaired) electrons. The molecule has 0 aliphatic rings. The molecule has 0 saturated carbocycles. The zero-order chi connectivity index (χ0) is 16.5. The summed E-state index contributed by atoms with van der Waals surface area (Å²) >= 11 is 0. The minimum absolute atomic E-state index is 0.321. The highest BCUT2D eigenvalue weighted by Crippen LogP contribution is 2.25. The molecule has 23 heavy (non-hydrogen) atoms. The molecular weight excluding hydrogens is 286 g/mol. The maximum absolute atomic E-state index is 5.43. The molecule has 0 amide bonds. The molecule has 0 spiro atoms. The Balaban J connectivity index is 1.87. The molecule has 0 aromatic heterocycles. The van der Waals surface area contributed by atoms with Gasteiger partial charge in [0.1, 0.15) is 5.75 Å². The molecule has 2 N–H and O–H groups in total. The highest BCUT2D eigenvalue weighted by Gasteiger charge is 2.11. The molecular formula is C19H25N3O. The van der Waals surface area contributed by atoms with Gasteiger partial charge in [-0.1, -0.05) is 55.5 Å². The van der Waals surface area contributed by atoms with Gasteiger partial charge in [-0.3, -0.25) is 4.99 Å². The first-order chi connectivity index (χ1) is 11.2. The molecule has 0 heterocycles. The van der Waals surface area contributed by atoms with Gasteiger partial charge in [0, 0.05) is 26.1 Å². The number of hydrogen-bond donors (Lipinski definition) is 2. The van der Waals surface area contributed by atoms with Gasteiger partial charge in [0.05, 0.1) is 7.11 Å². The predicted molar refractivity (Wildman–Crippen MR) is 96.1 cm³/mol. The van der Waals surface area contributed by atoms with Crippen molar-refractivity contribution in [2.75, 3.05) is 20.7 Å². The van der Waals surface area contributed by atoms with E-state index in [9.17, 15) is 0 Å². The molecule has 2 aromatic carbocycles. The Bertz CT molecular complexity index is 626. The van der Waals surface area contributed by atoms with E-state index < -0.39 is 0 Å². The number of hydrogen-bond acceptors (Lipinski definition) is 2. The SMILES string of the molecule is CN=C(NCc1ccccc1)NCC(C)c1ccccc1OC. The predicted octanol–water partition coefficient (Wildman–Crippen LogP) is 3.16. The van der Waals surface area contributed by atoms with Crippen LogP contribution in [0, 0.1) is 0 Å². The summed E-state index contributed by atoms with van der Waals surface area (Å²) in [4.78, 5) is 4.27. The summed E-state index contributed by atoms with van der Waals surface area (Å²) in [5.41, 5.74) is 2.43. The number of para-hydroxylation sites is 1. The van der Waals surface area contributed by atoms with Crippen molar-refractivity contribution in [1.29, 1.82) is 0 Å². The fourth-order valence-corrected chi connectivity index (χ4v) is 2.44. The van der Waals surface area contributed by atoms with E-state index in [0.29, 0.717) is 5.92 Å². The van der Waals surface area contributed by atoms with Gasteiger partial charge in [-0.15, -0.1) is 0 Å². The number of rotatable bonds is 6. The Hall–Kier alpha value is -2.49. The fraction of sp³-hybridized carbons (Fsp3) is 0.316. The van der Waals surface area contributed by atoms with Crippen molar-refractivity contribution in [3.05, 3.63) is 65.7 Å². The van der Waals surface area contributed by atoms with Crippen LogP contribution in [0.25, 0.3) is 0 Å². The van der Waals surface area contributed by atoms with Crippen LogP contribution >= 0.6 is 0 Å². The minimum Gasteiger partial charge on any atom is -0.496 e. The molecule has 1 unspecified atom stereocenters. The third-order valence-corrected chi connectivity index (χ3v) is 3.77. The van der Waals surface area contributed by atoms with Crippen LogP contribution in [-0.2, 0) is 6.54 Å². The molecule has 2 rings (SSSR count). The van der Waals surface area contributed by atoms with Crippen molar-refractivity contribution >= 4 is 5.96 Å². The molecule has 1 atom stereocenters. The van der Waals surface area contributed by atoms with Gasteiger partial charge in [-0.2, -0.15) is 0 Å². The molecule has 0 aliphatic heterocycles. The number of methoxy groups -OCH3 is 1. The molecule has 0 saturated heterocycles. The van der Waals surface area contributed by atoms with Crippen LogP contribution in [0.15, 0.2) is 59.6 Å². The van der Waals surface area contributed by atoms with Crippen molar-refractivity contribution in [3.8, 4) is 5.75 Å². The van der Waals surface area contributed by atoms with E-state index in [-0.39, 0.29) is 0 Å². The second-order valence-corrected chi connectivity index (χ2v) is 5.44. The van der Waals surface area contributed by atoms with Crippen LogP contribution in [-0.4, -0.2) is 26.7 Å². The highest BCUT2D eigenvalue weighted by molar-refractivity contribution is 5.79. The number of ether oxygens (including phenoxy) is 1. The van der Waals surface area contributed by atoms with E-state index >= 15 is 0 Å². The summed E-state index contributed by atoms with van der Waals surface area (Å²) in [5, 5.41) is 6.70. The summed E-state index contributed by atoms with van der Waals surface area (Å²) in [6, 6.07) is 18.4. The number of nitrogens with one attached hydrogen (secondary N) is 2. The first kappa shape index (κ1) is 16.9. The number of aliphatic imine (C=N–C) groups is 1. The maximum atomic E-state index is 5.43. The monoisotopic (exact) mass is 311 g/mol. The smallest absolute Gasteiger partial charge is 0.191 e. The summed E-state index contributed by atoms with van der Waals surface area (Å²) < 4.78 is 5.43. The van der Waals surface area contributed by atoms with Crippen molar-refractivity contribution in [3.63, 3.8) is 0 Å². The average Bonchev–Trinajstić information content (AvgIpc) is 2.62. The lowest BCUT2D eigenvalue weighted by atomic mass is 10.0. The van der Waals surface area contributed by atoms with Gasteiger partial charge in [-0.05, 0) is 17.2 Å². The standard InChI is InChI=1S/C19H25N3O/c1-15(17-11-7-8-12-18(17)23-3)13-21-19(20-2)22-14-16-9-5-4-6-10-16/h4-12,15H,13-14H2,1-3H3,(H2,20,21,22). The third kappa shape index (κ3) is 5.02. The third-order valence-electron chi connectivity index (χ3n) is 3.77. The Morgan fingerprint density at radius 1 is 1.04 bits per heavy atom. The van der Waals surface area contributed by atoms with Crippen molar-refractivity contribution in [2.45, 2.75) is 19.4 Å². The number of benzene rings is 2. The van der Waals surface area contributed by atoms with Gasteiger partial charge in [0.15, 0.2) is 5.96 Å². The topological polar surface area (TPSA) is 45.7 Å². The van der Waals surface area contributed by atoms with E-state index in [2.05, 4.69) is 40.7 Å². The lowest BCUT2D eigenvalue weighted by Gasteiger charge is -2.18. The van der Waals surface area contributed by atoms with E-state index in [1.165, 1.54) is 11.1 Å². The second kappa shape index (κ2) is 8.83. The van der Waals surface area contributed by atoms with E-state index in [1.54, 1.807) is 14.2 Å². The number of guanidine groups is 1. The van der Waals surface area contributed by atoms with E-state index in [1.807, 2.05) is 36.4 Å². The first-order valence-corrected chi connectivity index (χ1v) is 7.86. The largest absolute Gasteiger partial charge is 0.496 e. The van der Waals surface area contributed by atoms with Gasteiger partial charge in [-0.25, -0.2) is 0 Å². The Morgan fingerprint density at radius 3 is 2.43 bits per heavy atom. The van der Waals surface area contributed by atoms with Crippen molar-refractivity contribution < 1.29 is 4.74 Å². The van der Waals surface area contributed by atoms with E-state index in [0.717, 1.165) is 24.8 Å². The molecule has 0 aliphatic carbocycles. The number of nitrogens with zero attached hydrogens (tertiary/aromatic N) is 1. The lowest BCUT2D eigenvalue weighted by Crippen LogP contribution is -2.38. The van der Waals surface area contributed by atoms with Crippen LogP contribution in [0.2, 0.25) is 0 Å². The molecule has 0 bridgehead atoms. The van der Waals surface area contributed by atoms with Crippen LogP contribution < -0.4 is 15.4 Å². The summed E-state index contributed by atoms with van der Waals surface area (Å²) in [6.45, 7) is 3.72. The van der Waals surface area contributed by atoms with Gasteiger partial charge < -0.3 is 15.4 Å². The van der Waals surface area contributed by atoms with Gasteiger partial charge in [0.2, 0.25) is 0 Å². The quantitative estimate of drug-likeness (QED) is 0.636. The zero-order valence-corrected chi connectivity index (χ0v) is 14.0. The summed E-state index contributed by atoms with van der Waals surface area (Å²) in [7, 11) is 3.49. The Kier molecular flexibility index (Phi) is 6.48. The molecule has 2 aromatic rings. The van der Waals surface area contributed by atoms with Crippen molar-refractivity contribution in [1.82, 2.24) is 10.6 Å². The first-order valence-electron chi connectivity index (χ1n) is 7.86. The molecule has 4 nitrogen and oxygen atoms in total. The lowest BCUT2D eigenvalue weighted by molar-refractivity contribution is 0.406. The maximum Gasteiger partial charge on any atom is 0.191 e. The normalized spacial score (nSPS) is 12.6. The fourth-order valence-electron chi connectivity index (χ4n) is 2.44. The van der Waals surface area contributed by atoms with Crippen LogP contribution in [0.3, 0.4) is 0 Å². The molecule has 122 valence electrons.